The number of nitrogens with zero attached hydrogens (tertiary/aromatic N) is 2. The topological polar surface area (TPSA) is 88.5 Å². The molecule has 1 aromatic carbocycles. The molecular weight excluding hydrogens is 364 g/mol. The van der Waals surface area contributed by atoms with Crippen molar-refractivity contribution in [1.29, 1.82) is 0 Å². The van der Waals surface area contributed by atoms with Gasteiger partial charge in [0.05, 0.1) is 19.8 Å². The summed E-state index contributed by atoms with van der Waals surface area (Å²) in [6.45, 7) is 6.80. The molecule has 28 heavy (non-hydrogen) atoms. The van der Waals surface area contributed by atoms with Gasteiger partial charge in [0, 0.05) is 26.7 Å². The molecule has 0 unspecified atom stereocenters. The van der Waals surface area contributed by atoms with Crippen molar-refractivity contribution in [2.24, 2.45) is 0 Å². The maximum Gasteiger partial charge on any atom is 0.410 e. The highest BCUT2D eigenvalue weighted by Gasteiger charge is 2.23. The number of carbonyl (C=O) groups excluding carboxylic acids is 2. The highest BCUT2D eigenvalue weighted by atomic mass is 16.6. The molecule has 0 atom stereocenters. The first-order valence-corrected chi connectivity index (χ1v) is 9.31. The van der Waals surface area contributed by atoms with E-state index >= 15 is 0 Å². The van der Waals surface area contributed by atoms with Gasteiger partial charge in [-0.2, -0.15) is 0 Å². The van der Waals surface area contributed by atoms with Crippen molar-refractivity contribution in [3.8, 4) is 0 Å². The van der Waals surface area contributed by atoms with Crippen LogP contribution in [0.25, 0.3) is 0 Å². The van der Waals surface area contributed by atoms with E-state index in [9.17, 15) is 9.59 Å². The van der Waals surface area contributed by atoms with Gasteiger partial charge in [0.1, 0.15) is 12.2 Å². The third-order valence-corrected chi connectivity index (χ3v) is 3.61. The molecule has 0 radical (unpaired) electrons. The Morgan fingerprint density at radius 2 is 1.68 bits per heavy atom. The van der Waals surface area contributed by atoms with E-state index < -0.39 is 17.8 Å². The molecule has 0 saturated heterocycles. The maximum atomic E-state index is 12.4. The fourth-order valence-corrected chi connectivity index (χ4v) is 2.15. The van der Waals surface area contributed by atoms with Gasteiger partial charge in [-0.25, -0.2) is 9.59 Å². The second-order valence-electron chi connectivity index (χ2n) is 7.27. The summed E-state index contributed by atoms with van der Waals surface area (Å²) in [4.78, 5) is 27.4. The molecule has 8 nitrogen and oxygen atoms in total. The lowest BCUT2D eigenvalue weighted by molar-refractivity contribution is 0.0135. The molecule has 158 valence electrons. The molecule has 0 spiro atoms. The van der Waals surface area contributed by atoms with Gasteiger partial charge < -0.3 is 29.1 Å². The first kappa shape index (κ1) is 23.7. The summed E-state index contributed by atoms with van der Waals surface area (Å²) >= 11 is 0. The van der Waals surface area contributed by atoms with Gasteiger partial charge >= 0.3 is 12.2 Å². The summed E-state index contributed by atoms with van der Waals surface area (Å²) in [7, 11) is 1.61. The second kappa shape index (κ2) is 12.2. The van der Waals surface area contributed by atoms with Gasteiger partial charge in [0.25, 0.3) is 0 Å². The second-order valence-corrected chi connectivity index (χ2v) is 7.27. The number of benzene rings is 1. The van der Waals surface area contributed by atoms with Crippen LogP contribution in [-0.4, -0.2) is 79.2 Å². The van der Waals surface area contributed by atoms with E-state index in [1.54, 1.807) is 27.8 Å². The molecule has 2 amide bonds. The Morgan fingerprint density at radius 1 is 1.00 bits per heavy atom. The third kappa shape index (κ3) is 10.1. The van der Waals surface area contributed by atoms with Crippen molar-refractivity contribution in [3.05, 3.63) is 35.9 Å². The largest absolute Gasteiger partial charge is 0.445 e. The van der Waals surface area contributed by atoms with E-state index in [2.05, 4.69) is 0 Å². The van der Waals surface area contributed by atoms with Crippen LogP contribution in [0.1, 0.15) is 26.3 Å². The zero-order chi connectivity index (χ0) is 21.0. The molecule has 0 aliphatic rings. The van der Waals surface area contributed by atoms with E-state index in [1.807, 2.05) is 30.3 Å². The molecule has 0 heterocycles. The fourth-order valence-electron chi connectivity index (χ4n) is 2.15. The van der Waals surface area contributed by atoms with Crippen LogP contribution >= 0.6 is 0 Å². The van der Waals surface area contributed by atoms with E-state index in [-0.39, 0.29) is 39.5 Å². The summed E-state index contributed by atoms with van der Waals surface area (Å²) in [5, 5.41) is 8.78. The molecule has 0 saturated carbocycles. The van der Waals surface area contributed by atoms with Crippen molar-refractivity contribution < 1.29 is 28.9 Å². The number of aliphatic hydroxyl groups excluding tert-OH is 1. The molecule has 0 aliphatic carbocycles. The minimum Gasteiger partial charge on any atom is -0.445 e. The molecule has 0 fully saturated rings. The Labute approximate surface area is 167 Å². The quantitative estimate of drug-likeness (QED) is 0.612. The molecule has 0 aromatic heterocycles. The standard InChI is InChI=1S/C20H32N2O6/c1-20(2,3)28-19(25)22(12-14-26-15-13-23)11-10-21(4)18(24)27-16-17-8-6-5-7-9-17/h5-9,23H,10-16H2,1-4H3. The van der Waals surface area contributed by atoms with Crippen LogP contribution in [-0.2, 0) is 20.8 Å². The van der Waals surface area contributed by atoms with E-state index in [4.69, 9.17) is 19.3 Å². The SMILES string of the molecule is CN(CCN(CCOCCO)C(=O)OC(C)(C)C)C(=O)OCc1ccccc1. The minimum atomic E-state index is -0.623. The van der Waals surface area contributed by atoms with Crippen molar-refractivity contribution in [1.82, 2.24) is 9.80 Å². The number of amides is 2. The first-order valence-electron chi connectivity index (χ1n) is 9.31. The number of hydrogen-bond acceptors (Lipinski definition) is 6. The lowest BCUT2D eigenvalue weighted by Crippen LogP contribution is -2.43. The summed E-state index contributed by atoms with van der Waals surface area (Å²) in [5.74, 6) is 0. The number of hydrogen-bond donors (Lipinski definition) is 1. The lowest BCUT2D eigenvalue weighted by atomic mass is 10.2. The molecular formula is C20H32N2O6. The predicted octanol–water partition coefficient (Wildman–Crippen LogP) is 2.50. The molecule has 1 N–H and O–H groups in total. The smallest absolute Gasteiger partial charge is 0.410 e. The van der Waals surface area contributed by atoms with Gasteiger partial charge in [-0.15, -0.1) is 0 Å². The average Bonchev–Trinajstić information content (AvgIpc) is 2.64. The normalized spacial score (nSPS) is 11.0. The number of carbonyl (C=O) groups is 2. The summed E-state index contributed by atoms with van der Waals surface area (Å²) in [6.07, 6.45) is -0.948. The predicted molar refractivity (Wildman–Crippen MR) is 105 cm³/mol. The zero-order valence-electron chi connectivity index (χ0n) is 17.2. The van der Waals surface area contributed by atoms with Gasteiger partial charge in [-0.1, -0.05) is 30.3 Å². The van der Waals surface area contributed by atoms with Crippen LogP contribution in [0, 0.1) is 0 Å². The molecule has 1 aromatic rings. The van der Waals surface area contributed by atoms with E-state index in [0.29, 0.717) is 6.54 Å². The minimum absolute atomic E-state index is 0.0809. The fraction of sp³-hybridized carbons (Fsp3) is 0.600. The van der Waals surface area contributed by atoms with Crippen LogP contribution in [0.2, 0.25) is 0 Å². The molecule has 8 heteroatoms. The Kier molecular flexibility index (Phi) is 10.3. The number of ether oxygens (including phenoxy) is 3. The Morgan fingerprint density at radius 3 is 2.29 bits per heavy atom. The van der Waals surface area contributed by atoms with Crippen molar-refractivity contribution >= 4 is 12.2 Å². The number of aliphatic hydroxyl groups is 1. The van der Waals surface area contributed by atoms with Gasteiger partial charge in [0.15, 0.2) is 0 Å². The van der Waals surface area contributed by atoms with Crippen LogP contribution < -0.4 is 0 Å². The highest BCUT2D eigenvalue weighted by molar-refractivity contribution is 5.69. The maximum absolute atomic E-state index is 12.4. The van der Waals surface area contributed by atoms with Gasteiger partial charge in [-0.3, -0.25) is 0 Å². The molecule has 1 rings (SSSR count). The average molecular weight is 396 g/mol. The van der Waals surface area contributed by atoms with Crippen LogP contribution in [0.5, 0.6) is 0 Å². The van der Waals surface area contributed by atoms with Gasteiger partial charge in [0.2, 0.25) is 0 Å². The van der Waals surface area contributed by atoms with Crippen LogP contribution in [0.3, 0.4) is 0 Å². The highest BCUT2D eigenvalue weighted by Crippen LogP contribution is 2.10. The Hall–Kier alpha value is -2.32. The summed E-state index contributed by atoms with van der Waals surface area (Å²) in [6, 6.07) is 9.41. The van der Waals surface area contributed by atoms with Crippen molar-refractivity contribution in [2.45, 2.75) is 33.0 Å². The number of likely N-dealkylation sites (N-methyl/N-ethyl adjacent to an activating group) is 1. The lowest BCUT2D eigenvalue weighted by Gasteiger charge is -2.28. The third-order valence-electron chi connectivity index (χ3n) is 3.61. The Bertz CT molecular complexity index is 588. The molecule has 0 bridgehead atoms. The molecule has 0 aliphatic heterocycles. The summed E-state index contributed by atoms with van der Waals surface area (Å²) in [5.41, 5.74) is 0.280. The van der Waals surface area contributed by atoms with Crippen molar-refractivity contribution in [2.75, 3.05) is 46.5 Å². The zero-order valence-corrected chi connectivity index (χ0v) is 17.2. The van der Waals surface area contributed by atoms with Crippen LogP contribution in [0.15, 0.2) is 30.3 Å². The Balaban J connectivity index is 2.51. The first-order chi connectivity index (χ1) is 13.2. The number of rotatable bonds is 10. The van der Waals surface area contributed by atoms with E-state index in [1.165, 1.54) is 9.80 Å². The van der Waals surface area contributed by atoms with Crippen molar-refractivity contribution in [3.63, 3.8) is 0 Å². The van der Waals surface area contributed by atoms with E-state index in [0.717, 1.165) is 5.56 Å². The van der Waals surface area contributed by atoms with Crippen LogP contribution in [0.4, 0.5) is 9.59 Å². The monoisotopic (exact) mass is 396 g/mol. The summed E-state index contributed by atoms with van der Waals surface area (Å²) < 4.78 is 15.9. The van der Waals surface area contributed by atoms with Gasteiger partial charge in [-0.05, 0) is 26.3 Å².